The maximum atomic E-state index is 12.6. The number of morpholine rings is 1. The van der Waals surface area contributed by atoms with E-state index in [1.807, 2.05) is 0 Å². The Morgan fingerprint density at radius 3 is 2.67 bits per heavy atom. The van der Waals surface area contributed by atoms with Gasteiger partial charge in [0.05, 0.1) is 13.2 Å². The Morgan fingerprint density at radius 2 is 2.04 bits per heavy atom. The molecular weight excluding hydrogens is 325 g/mol. The van der Waals surface area contributed by atoms with Crippen LogP contribution in [0.4, 0.5) is 13.2 Å². The summed E-state index contributed by atoms with van der Waals surface area (Å²) in [7, 11) is 0. The van der Waals surface area contributed by atoms with E-state index in [9.17, 15) is 18.0 Å². The first-order chi connectivity index (χ1) is 11.3. The molecule has 9 heteroatoms. The highest BCUT2D eigenvalue weighted by atomic mass is 19.4. The molecule has 0 saturated carbocycles. The van der Waals surface area contributed by atoms with Gasteiger partial charge in [-0.05, 0) is 12.0 Å². The number of hydrogen-bond donors (Lipinski definition) is 0. The lowest BCUT2D eigenvalue weighted by molar-refractivity contribution is -0.142. The van der Waals surface area contributed by atoms with Crippen molar-refractivity contribution in [1.29, 1.82) is 0 Å². The van der Waals surface area contributed by atoms with Gasteiger partial charge in [0, 0.05) is 38.4 Å². The van der Waals surface area contributed by atoms with Gasteiger partial charge in [0.1, 0.15) is 6.54 Å². The van der Waals surface area contributed by atoms with Crippen LogP contribution in [0.5, 0.6) is 0 Å². The van der Waals surface area contributed by atoms with Crippen LogP contribution in [0.15, 0.2) is 12.3 Å². The molecule has 2 atom stereocenters. The van der Waals surface area contributed by atoms with Crippen LogP contribution in [0.2, 0.25) is 0 Å². The summed E-state index contributed by atoms with van der Waals surface area (Å²) in [5.41, 5.74) is -0.976. The molecule has 3 heterocycles. The predicted octanol–water partition coefficient (Wildman–Crippen LogP) is 1.08. The molecule has 0 unspecified atom stereocenters. The van der Waals surface area contributed by atoms with Crippen LogP contribution >= 0.6 is 0 Å². The van der Waals surface area contributed by atoms with Crippen LogP contribution < -0.4 is 0 Å². The van der Waals surface area contributed by atoms with Gasteiger partial charge in [0.2, 0.25) is 5.91 Å². The summed E-state index contributed by atoms with van der Waals surface area (Å²) in [6.07, 6.45) is -3.29. The molecule has 3 rings (SSSR count). The van der Waals surface area contributed by atoms with E-state index in [1.165, 1.54) is 6.20 Å². The average Bonchev–Trinajstić information content (AvgIpc) is 3.14. The van der Waals surface area contributed by atoms with Crippen molar-refractivity contribution in [1.82, 2.24) is 19.6 Å². The fraction of sp³-hybridized carbons (Fsp3) is 0.733. The maximum Gasteiger partial charge on any atom is 0.435 e. The molecule has 24 heavy (non-hydrogen) atoms. The fourth-order valence-electron chi connectivity index (χ4n) is 3.38. The highest BCUT2D eigenvalue weighted by Crippen LogP contribution is 2.27. The van der Waals surface area contributed by atoms with Crippen LogP contribution in [0.25, 0.3) is 0 Å². The number of halogens is 3. The van der Waals surface area contributed by atoms with E-state index in [0.29, 0.717) is 32.2 Å². The van der Waals surface area contributed by atoms with Gasteiger partial charge in [-0.3, -0.25) is 14.4 Å². The summed E-state index contributed by atoms with van der Waals surface area (Å²) in [5.74, 6) is 0.129. The van der Waals surface area contributed by atoms with Crippen molar-refractivity contribution in [2.24, 2.45) is 5.92 Å². The predicted molar refractivity (Wildman–Crippen MR) is 79.2 cm³/mol. The molecule has 0 bridgehead atoms. The molecule has 6 nitrogen and oxygen atoms in total. The van der Waals surface area contributed by atoms with Crippen LogP contribution in [0, 0.1) is 5.92 Å². The Balaban J connectivity index is 1.58. The molecule has 2 aliphatic heterocycles. The monoisotopic (exact) mass is 346 g/mol. The van der Waals surface area contributed by atoms with E-state index in [-0.39, 0.29) is 18.5 Å². The summed E-state index contributed by atoms with van der Waals surface area (Å²) in [6, 6.07) is 1.16. The van der Waals surface area contributed by atoms with Crippen molar-refractivity contribution in [3.63, 3.8) is 0 Å². The van der Waals surface area contributed by atoms with E-state index in [4.69, 9.17) is 4.74 Å². The Labute approximate surface area is 138 Å². The maximum absolute atomic E-state index is 12.6. The number of amides is 1. The third-order valence-corrected chi connectivity index (χ3v) is 4.67. The smallest absolute Gasteiger partial charge is 0.379 e. The molecule has 134 valence electrons. The van der Waals surface area contributed by atoms with Crippen molar-refractivity contribution in [3.05, 3.63) is 18.0 Å². The number of nitrogens with zero attached hydrogens (tertiary/aromatic N) is 4. The van der Waals surface area contributed by atoms with Crippen molar-refractivity contribution in [3.8, 4) is 0 Å². The van der Waals surface area contributed by atoms with Gasteiger partial charge in [-0.2, -0.15) is 18.3 Å². The standard InChI is InChI=1S/C15H21F3N4O2/c1-11-8-21(9-12(11)20-4-6-24-7-5-20)14(23)10-22-3-2-13(19-22)15(16,17)18/h2-3,11-12H,4-10H2,1H3/t11-,12-/m1/s1. The number of carbonyl (C=O) groups is 1. The van der Waals surface area contributed by atoms with E-state index < -0.39 is 11.9 Å². The minimum absolute atomic E-state index is 0.168. The van der Waals surface area contributed by atoms with Gasteiger partial charge < -0.3 is 9.64 Å². The topological polar surface area (TPSA) is 50.6 Å². The second-order valence-electron chi connectivity index (χ2n) is 6.39. The lowest BCUT2D eigenvalue weighted by Crippen LogP contribution is -2.47. The number of rotatable bonds is 3. The number of carbonyl (C=O) groups excluding carboxylic acids is 1. The quantitative estimate of drug-likeness (QED) is 0.822. The molecule has 0 N–H and O–H groups in total. The van der Waals surface area contributed by atoms with Crippen molar-refractivity contribution >= 4 is 5.91 Å². The van der Waals surface area contributed by atoms with Crippen LogP contribution in [0.3, 0.4) is 0 Å². The molecule has 1 aromatic heterocycles. The molecule has 1 amide bonds. The summed E-state index contributed by atoms with van der Waals surface area (Å²) in [6.45, 7) is 6.26. The number of ether oxygens (including phenoxy) is 1. The average molecular weight is 346 g/mol. The van der Waals surface area contributed by atoms with E-state index in [1.54, 1.807) is 4.90 Å². The van der Waals surface area contributed by atoms with E-state index in [2.05, 4.69) is 16.9 Å². The Morgan fingerprint density at radius 1 is 1.33 bits per heavy atom. The van der Waals surface area contributed by atoms with Gasteiger partial charge in [-0.1, -0.05) is 6.92 Å². The molecule has 0 aliphatic carbocycles. The third kappa shape index (κ3) is 3.72. The van der Waals surface area contributed by atoms with Crippen molar-refractivity contribution in [2.75, 3.05) is 39.4 Å². The highest BCUT2D eigenvalue weighted by Gasteiger charge is 2.37. The zero-order chi connectivity index (χ0) is 17.3. The van der Waals surface area contributed by atoms with E-state index >= 15 is 0 Å². The van der Waals surface area contributed by atoms with Gasteiger partial charge >= 0.3 is 6.18 Å². The molecule has 2 fully saturated rings. The summed E-state index contributed by atoms with van der Waals surface area (Å²) < 4.78 is 44.1. The summed E-state index contributed by atoms with van der Waals surface area (Å²) in [4.78, 5) is 16.4. The Hall–Kier alpha value is -1.61. The van der Waals surface area contributed by atoms with Gasteiger partial charge in [-0.25, -0.2) is 0 Å². The van der Waals surface area contributed by atoms with Crippen LogP contribution in [0.1, 0.15) is 12.6 Å². The summed E-state index contributed by atoms with van der Waals surface area (Å²) in [5, 5.41) is 3.44. The second-order valence-corrected chi connectivity index (χ2v) is 6.39. The SMILES string of the molecule is C[C@@H]1CN(C(=O)Cn2ccc(C(F)(F)F)n2)C[C@H]1N1CCOCC1. The number of hydrogen-bond acceptors (Lipinski definition) is 4. The largest absolute Gasteiger partial charge is 0.435 e. The molecule has 0 radical (unpaired) electrons. The highest BCUT2D eigenvalue weighted by molar-refractivity contribution is 5.76. The molecule has 0 aromatic carbocycles. The van der Waals surface area contributed by atoms with E-state index in [0.717, 1.165) is 23.8 Å². The second kappa shape index (κ2) is 6.72. The molecule has 1 aromatic rings. The molecule has 2 saturated heterocycles. The number of alkyl halides is 3. The number of aromatic nitrogens is 2. The van der Waals surface area contributed by atoms with Crippen LogP contribution in [-0.2, 0) is 22.3 Å². The lowest BCUT2D eigenvalue weighted by Gasteiger charge is -2.33. The zero-order valence-corrected chi connectivity index (χ0v) is 13.5. The Bertz CT molecular complexity index is 584. The first-order valence-electron chi connectivity index (χ1n) is 8.05. The molecular formula is C15H21F3N4O2. The fourth-order valence-corrected chi connectivity index (χ4v) is 3.38. The lowest BCUT2D eigenvalue weighted by atomic mass is 10.0. The molecule has 0 spiro atoms. The first-order valence-corrected chi connectivity index (χ1v) is 8.05. The van der Waals surface area contributed by atoms with Crippen molar-refractivity contribution in [2.45, 2.75) is 25.7 Å². The first kappa shape index (κ1) is 17.2. The third-order valence-electron chi connectivity index (χ3n) is 4.67. The minimum atomic E-state index is -4.49. The van der Waals surface area contributed by atoms with Gasteiger partial charge in [0.15, 0.2) is 5.69 Å². The van der Waals surface area contributed by atoms with Crippen LogP contribution in [-0.4, -0.2) is 70.9 Å². The normalized spacial score (nSPS) is 26.1. The minimum Gasteiger partial charge on any atom is -0.379 e. The molecule has 2 aliphatic rings. The zero-order valence-electron chi connectivity index (χ0n) is 13.5. The number of likely N-dealkylation sites (tertiary alicyclic amines) is 1. The van der Waals surface area contributed by atoms with Gasteiger partial charge in [-0.15, -0.1) is 0 Å². The van der Waals surface area contributed by atoms with Crippen molar-refractivity contribution < 1.29 is 22.7 Å². The van der Waals surface area contributed by atoms with Gasteiger partial charge in [0.25, 0.3) is 0 Å². The summed E-state index contributed by atoms with van der Waals surface area (Å²) >= 11 is 0. The Kier molecular flexibility index (Phi) is 4.82.